The van der Waals surface area contributed by atoms with Crippen molar-refractivity contribution in [2.24, 2.45) is 0 Å². The van der Waals surface area contributed by atoms with Crippen molar-refractivity contribution < 1.29 is 34.5 Å². The fraction of sp³-hybridized carbons (Fsp3) is 0.667. The topological polar surface area (TPSA) is 140 Å². The van der Waals surface area contributed by atoms with E-state index < -0.39 is 26.4 Å². The quantitative estimate of drug-likeness (QED) is 0.433. The Kier molecular flexibility index (Phi) is 3.64. The zero-order valence-corrected chi connectivity index (χ0v) is 6.28. The Hall–Kier alpha value is -0.460. The number of phosphoric ester groups is 1. The van der Waals surface area contributed by atoms with Crippen LogP contribution in [0.5, 0.6) is 0 Å². The number of aliphatic carboxylic acids is 1. The van der Waals surface area contributed by atoms with E-state index >= 15 is 0 Å². The molecule has 0 aliphatic carbocycles. The third-order valence-corrected chi connectivity index (χ3v) is 1.23. The first-order chi connectivity index (χ1) is 4.83. The lowest BCUT2D eigenvalue weighted by molar-refractivity contribution is -0.443. The fourth-order valence-electron chi connectivity index (χ4n) is 0.249. The zero-order chi connectivity index (χ0) is 9.07. The Morgan fingerprint density at radius 2 is 2.09 bits per heavy atom. The molecule has 0 rings (SSSR count). The maximum absolute atomic E-state index is 9.87. The van der Waals surface area contributed by atoms with E-state index in [1.807, 2.05) is 0 Å². The van der Waals surface area contributed by atoms with Crippen molar-refractivity contribution in [2.75, 3.05) is 6.61 Å². The smallest absolute Gasteiger partial charge is 0.148 e. The summed E-state index contributed by atoms with van der Waals surface area (Å²) in [5.74, 6) is -1.57. The SMILES string of the molecule is [NH3+][C@@H](COP(=O)([O-])[O-])C(=O)[O-]. The number of rotatable bonds is 4. The molecule has 8 heteroatoms. The minimum absolute atomic E-state index is 0.785. The van der Waals surface area contributed by atoms with Crippen molar-refractivity contribution in [2.45, 2.75) is 6.04 Å². The minimum atomic E-state index is -5.09. The van der Waals surface area contributed by atoms with Crippen LogP contribution in [0.4, 0.5) is 0 Å². The predicted octanol–water partition coefficient (Wildman–Crippen LogP) is -4.81. The second kappa shape index (κ2) is 3.80. The predicted molar refractivity (Wildman–Crippen MR) is 25.2 cm³/mol. The first-order valence-corrected chi connectivity index (χ1v) is 3.99. The third kappa shape index (κ3) is 5.96. The van der Waals surface area contributed by atoms with Crippen LogP contribution >= 0.6 is 7.82 Å². The number of carbonyl (C=O) groups excluding carboxylic acids is 1. The number of quaternary nitrogens is 1. The Morgan fingerprint density at radius 3 is 2.36 bits per heavy atom. The molecule has 1 atom stereocenters. The van der Waals surface area contributed by atoms with Crippen LogP contribution in [0.2, 0.25) is 0 Å². The number of phosphoric acid groups is 1. The largest absolute Gasteiger partial charge is 0.790 e. The van der Waals surface area contributed by atoms with Crippen LogP contribution in [0, 0.1) is 0 Å². The number of carboxylic acid groups (broad SMARTS) is 1. The van der Waals surface area contributed by atoms with Gasteiger partial charge in [0.05, 0.1) is 7.82 Å². The first-order valence-electron chi connectivity index (χ1n) is 2.53. The molecule has 3 N–H and O–H groups in total. The standard InChI is InChI=1S/C3H8NO6P/c4-2(3(5)6)1-10-11(7,8)9/h2H,1,4H2,(H,5,6)(H2,7,8,9)/p-2/t2-/m0/s1. The lowest BCUT2D eigenvalue weighted by Crippen LogP contribution is -2.70. The van der Waals surface area contributed by atoms with Gasteiger partial charge in [-0.05, 0) is 0 Å². The molecule has 0 aromatic carbocycles. The van der Waals surface area contributed by atoms with Crippen LogP contribution in [0.3, 0.4) is 0 Å². The molecule has 0 saturated carbocycles. The summed E-state index contributed by atoms with van der Waals surface area (Å²) in [7, 11) is -5.09. The highest BCUT2D eigenvalue weighted by molar-refractivity contribution is 7.43. The van der Waals surface area contributed by atoms with E-state index in [1.54, 1.807) is 0 Å². The molecule has 0 spiro atoms. The Balaban J connectivity index is 3.72. The zero-order valence-electron chi connectivity index (χ0n) is 5.39. The van der Waals surface area contributed by atoms with E-state index in [2.05, 4.69) is 10.3 Å². The summed E-state index contributed by atoms with van der Waals surface area (Å²) < 4.78 is 13.4. The van der Waals surface area contributed by atoms with Gasteiger partial charge in [0.2, 0.25) is 0 Å². The fourth-order valence-corrected chi connectivity index (χ4v) is 0.612. The van der Waals surface area contributed by atoms with Gasteiger partial charge in [-0.3, -0.25) is 0 Å². The second-order valence-electron chi connectivity index (χ2n) is 1.76. The van der Waals surface area contributed by atoms with Crippen LogP contribution in [0.1, 0.15) is 0 Å². The summed E-state index contributed by atoms with van der Waals surface area (Å²) >= 11 is 0. The van der Waals surface area contributed by atoms with Gasteiger partial charge in [0, 0.05) is 0 Å². The van der Waals surface area contributed by atoms with Crippen LogP contribution in [-0.4, -0.2) is 18.6 Å². The highest BCUT2D eigenvalue weighted by atomic mass is 31.2. The molecule has 0 saturated heterocycles. The summed E-state index contributed by atoms with van der Waals surface area (Å²) in [6.07, 6.45) is 0. The molecule has 0 aromatic rings. The van der Waals surface area contributed by atoms with Crippen molar-refractivity contribution in [3.63, 3.8) is 0 Å². The van der Waals surface area contributed by atoms with Gasteiger partial charge in [0.25, 0.3) is 0 Å². The van der Waals surface area contributed by atoms with Crippen LogP contribution in [-0.2, 0) is 13.9 Å². The molecule has 0 aliphatic heterocycles. The van der Waals surface area contributed by atoms with Crippen molar-refractivity contribution in [3.8, 4) is 0 Å². The second-order valence-corrected chi connectivity index (χ2v) is 2.91. The molecule has 0 fully saturated rings. The molecule has 7 nitrogen and oxygen atoms in total. The van der Waals surface area contributed by atoms with Gasteiger partial charge in [-0.25, -0.2) is 0 Å². The number of carboxylic acids is 1. The van der Waals surface area contributed by atoms with Gasteiger partial charge < -0.3 is 34.5 Å². The summed E-state index contributed by atoms with van der Waals surface area (Å²) in [4.78, 5) is 29.4. The molecule has 0 bridgehead atoms. The normalized spacial score (nSPS) is 14.5. The van der Waals surface area contributed by atoms with Crippen LogP contribution < -0.4 is 20.6 Å². The summed E-state index contributed by atoms with van der Waals surface area (Å²) in [6, 6.07) is -1.36. The van der Waals surface area contributed by atoms with Crippen molar-refractivity contribution in [1.82, 2.24) is 0 Å². The maximum Gasteiger partial charge on any atom is 0.148 e. The highest BCUT2D eigenvalue weighted by Crippen LogP contribution is 2.23. The Morgan fingerprint density at radius 1 is 1.64 bits per heavy atom. The molecule has 0 aromatic heterocycles. The van der Waals surface area contributed by atoms with Gasteiger partial charge in [-0.2, -0.15) is 0 Å². The lowest BCUT2D eigenvalue weighted by Gasteiger charge is -2.29. The van der Waals surface area contributed by atoms with Gasteiger partial charge in [0.15, 0.2) is 0 Å². The lowest BCUT2D eigenvalue weighted by atomic mass is 10.3. The maximum atomic E-state index is 9.87. The molecule has 0 amide bonds. The molecule has 0 radical (unpaired) electrons. The summed E-state index contributed by atoms with van der Waals surface area (Å²) in [5.41, 5.74) is 2.95. The average molecular weight is 183 g/mol. The van der Waals surface area contributed by atoms with E-state index in [4.69, 9.17) is 0 Å². The monoisotopic (exact) mass is 183 g/mol. The first kappa shape index (κ1) is 10.5. The molecule has 0 unspecified atom stereocenters. The molecule has 66 valence electrons. The number of hydrogen-bond acceptors (Lipinski definition) is 6. The number of carbonyl (C=O) groups is 1. The van der Waals surface area contributed by atoms with E-state index in [-0.39, 0.29) is 0 Å². The van der Waals surface area contributed by atoms with Gasteiger partial charge in [-0.1, -0.05) is 0 Å². The summed E-state index contributed by atoms with van der Waals surface area (Å²) in [6.45, 7) is -0.785. The van der Waals surface area contributed by atoms with Crippen molar-refractivity contribution in [1.29, 1.82) is 0 Å². The molecule has 11 heavy (non-hydrogen) atoms. The van der Waals surface area contributed by atoms with Crippen LogP contribution in [0.25, 0.3) is 0 Å². The van der Waals surface area contributed by atoms with E-state index in [0.717, 1.165) is 0 Å². The molecular weight excluding hydrogens is 177 g/mol. The van der Waals surface area contributed by atoms with Gasteiger partial charge in [0.1, 0.15) is 18.6 Å². The van der Waals surface area contributed by atoms with E-state index in [0.29, 0.717) is 0 Å². The average Bonchev–Trinajstić information content (AvgIpc) is 1.80. The minimum Gasteiger partial charge on any atom is -0.790 e. The van der Waals surface area contributed by atoms with E-state index in [1.165, 1.54) is 0 Å². The number of hydrogen-bond donors (Lipinski definition) is 1. The van der Waals surface area contributed by atoms with Crippen LogP contribution in [0.15, 0.2) is 0 Å². The summed E-state index contributed by atoms with van der Waals surface area (Å²) in [5, 5.41) is 9.87. The molecular formula is C3H6NO6P-2. The highest BCUT2D eigenvalue weighted by Gasteiger charge is 2.07. The Bertz CT molecular complexity index is 186. The molecule has 0 heterocycles. The van der Waals surface area contributed by atoms with Crippen molar-refractivity contribution >= 4 is 13.8 Å². The van der Waals surface area contributed by atoms with Crippen molar-refractivity contribution in [3.05, 3.63) is 0 Å². The third-order valence-electron chi connectivity index (χ3n) is 0.767. The van der Waals surface area contributed by atoms with E-state index in [9.17, 15) is 24.3 Å². The molecule has 0 aliphatic rings. The Labute approximate surface area is 62.0 Å². The van der Waals surface area contributed by atoms with Gasteiger partial charge >= 0.3 is 0 Å². The van der Waals surface area contributed by atoms with Gasteiger partial charge in [-0.15, -0.1) is 0 Å².